The molecule has 0 atom stereocenters. The zero-order valence-electron chi connectivity index (χ0n) is 15.7. The molecular formula is C21H27FN4O. The van der Waals surface area contributed by atoms with Gasteiger partial charge in [0.05, 0.1) is 19.8 Å². The molecule has 3 rings (SSSR count). The molecule has 2 aromatic rings. The van der Waals surface area contributed by atoms with Crippen LogP contribution in [0.15, 0.2) is 53.5 Å². The van der Waals surface area contributed by atoms with Crippen LogP contribution < -0.4 is 15.5 Å². The topological polar surface area (TPSA) is 48.9 Å². The first-order valence-corrected chi connectivity index (χ1v) is 9.43. The number of rotatable bonds is 6. The molecule has 0 amide bonds. The van der Waals surface area contributed by atoms with Crippen molar-refractivity contribution in [2.24, 2.45) is 4.99 Å². The van der Waals surface area contributed by atoms with E-state index in [0.29, 0.717) is 13.1 Å². The van der Waals surface area contributed by atoms with E-state index >= 15 is 0 Å². The highest BCUT2D eigenvalue weighted by atomic mass is 19.1. The summed E-state index contributed by atoms with van der Waals surface area (Å²) in [6, 6.07) is 14.9. The van der Waals surface area contributed by atoms with Crippen LogP contribution in [0.3, 0.4) is 0 Å². The Balaban J connectivity index is 1.66. The van der Waals surface area contributed by atoms with E-state index in [0.717, 1.165) is 44.4 Å². The summed E-state index contributed by atoms with van der Waals surface area (Å²) in [5, 5.41) is 6.64. The number of nitrogens with zero attached hydrogens (tertiary/aromatic N) is 2. The number of nitrogens with one attached hydrogen (secondary N) is 2. The van der Waals surface area contributed by atoms with Crippen molar-refractivity contribution >= 4 is 11.6 Å². The lowest BCUT2D eigenvalue weighted by atomic mass is 10.1. The molecule has 27 heavy (non-hydrogen) atoms. The Hall–Kier alpha value is -2.60. The van der Waals surface area contributed by atoms with Crippen LogP contribution in [0.4, 0.5) is 10.1 Å². The van der Waals surface area contributed by atoms with Gasteiger partial charge in [0.1, 0.15) is 5.82 Å². The highest BCUT2D eigenvalue weighted by molar-refractivity contribution is 5.80. The lowest BCUT2D eigenvalue weighted by molar-refractivity contribution is 0.122. The van der Waals surface area contributed by atoms with Gasteiger partial charge in [0.15, 0.2) is 5.96 Å². The summed E-state index contributed by atoms with van der Waals surface area (Å²) < 4.78 is 18.8. The normalized spacial score (nSPS) is 14.9. The highest BCUT2D eigenvalue weighted by Gasteiger charge is 2.14. The van der Waals surface area contributed by atoms with E-state index < -0.39 is 0 Å². The standard InChI is InChI=1S/C21H27FN4O/c1-2-23-21(24-15-17-6-5-8-19(22)14-17)25-16-18-7-3-4-9-20(18)26-10-12-27-13-11-26/h3-9,14H,2,10-13,15-16H2,1H3,(H2,23,24,25). The largest absolute Gasteiger partial charge is 0.378 e. The number of morpholine rings is 1. The molecule has 0 unspecified atom stereocenters. The molecule has 0 aromatic heterocycles. The van der Waals surface area contributed by atoms with Gasteiger partial charge in [-0.25, -0.2) is 9.38 Å². The first-order chi connectivity index (χ1) is 13.3. The van der Waals surface area contributed by atoms with Gasteiger partial charge in [-0.2, -0.15) is 0 Å². The van der Waals surface area contributed by atoms with Crippen LogP contribution in [0.5, 0.6) is 0 Å². The Morgan fingerprint density at radius 2 is 1.93 bits per heavy atom. The zero-order valence-corrected chi connectivity index (χ0v) is 15.7. The molecule has 0 aliphatic carbocycles. The number of benzene rings is 2. The molecule has 1 aliphatic heterocycles. The van der Waals surface area contributed by atoms with Gasteiger partial charge in [-0.05, 0) is 36.2 Å². The molecule has 0 bridgehead atoms. The number of para-hydroxylation sites is 1. The maximum Gasteiger partial charge on any atom is 0.191 e. The summed E-state index contributed by atoms with van der Waals surface area (Å²) >= 11 is 0. The third-order valence-corrected chi connectivity index (χ3v) is 4.44. The molecule has 1 saturated heterocycles. The maximum atomic E-state index is 13.3. The Bertz CT molecular complexity index is 759. The molecule has 0 radical (unpaired) electrons. The van der Waals surface area contributed by atoms with Gasteiger partial charge in [0.2, 0.25) is 0 Å². The van der Waals surface area contributed by atoms with Gasteiger partial charge in [-0.15, -0.1) is 0 Å². The smallest absolute Gasteiger partial charge is 0.191 e. The molecule has 144 valence electrons. The van der Waals surface area contributed by atoms with Crippen molar-refractivity contribution in [3.8, 4) is 0 Å². The van der Waals surface area contributed by atoms with Gasteiger partial charge in [-0.3, -0.25) is 0 Å². The van der Waals surface area contributed by atoms with Crippen LogP contribution in [0.25, 0.3) is 0 Å². The van der Waals surface area contributed by atoms with Crippen molar-refractivity contribution in [2.45, 2.75) is 20.0 Å². The summed E-state index contributed by atoms with van der Waals surface area (Å²) in [5.41, 5.74) is 3.30. The molecular weight excluding hydrogens is 343 g/mol. The van der Waals surface area contributed by atoms with Crippen molar-refractivity contribution < 1.29 is 9.13 Å². The average molecular weight is 370 g/mol. The summed E-state index contributed by atoms with van der Waals surface area (Å²) in [7, 11) is 0. The first kappa shape index (κ1) is 19.2. The molecule has 0 saturated carbocycles. The second kappa shape index (κ2) is 9.92. The first-order valence-electron chi connectivity index (χ1n) is 9.43. The van der Waals surface area contributed by atoms with Crippen molar-refractivity contribution in [1.82, 2.24) is 10.6 Å². The van der Waals surface area contributed by atoms with E-state index in [1.165, 1.54) is 23.4 Å². The summed E-state index contributed by atoms with van der Waals surface area (Å²) in [5.74, 6) is 0.485. The van der Waals surface area contributed by atoms with Crippen LogP contribution in [-0.4, -0.2) is 38.8 Å². The van der Waals surface area contributed by atoms with Gasteiger partial charge in [0, 0.05) is 31.9 Å². The number of ether oxygens (including phenoxy) is 1. The van der Waals surface area contributed by atoms with Crippen molar-refractivity contribution in [3.05, 3.63) is 65.5 Å². The van der Waals surface area contributed by atoms with E-state index in [4.69, 9.17) is 4.74 Å². The van der Waals surface area contributed by atoms with Crippen LogP contribution in [0.2, 0.25) is 0 Å². The van der Waals surface area contributed by atoms with Gasteiger partial charge in [-0.1, -0.05) is 30.3 Å². The monoisotopic (exact) mass is 370 g/mol. The number of aliphatic imine (C=N–C) groups is 1. The second-order valence-corrected chi connectivity index (χ2v) is 6.41. The summed E-state index contributed by atoms with van der Waals surface area (Å²) in [6.45, 7) is 7.23. The fraction of sp³-hybridized carbons (Fsp3) is 0.381. The second-order valence-electron chi connectivity index (χ2n) is 6.41. The Morgan fingerprint density at radius 3 is 2.70 bits per heavy atom. The van der Waals surface area contributed by atoms with E-state index in [1.54, 1.807) is 6.07 Å². The van der Waals surface area contributed by atoms with Gasteiger partial charge < -0.3 is 20.3 Å². The van der Waals surface area contributed by atoms with E-state index in [-0.39, 0.29) is 5.82 Å². The third kappa shape index (κ3) is 5.69. The van der Waals surface area contributed by atoms with Crippen LogP contribution in [-0.2, 0) is 17.8 Å². The van der Waals surface area contributed by atoms with E-state index in [1.807, 2.05) is 13.0 Å². The number of guanidine groups is 1. The SMILES string of the molecule is CCNC(=NCc1cccc(F)c1)NCc1ccccc1N1CCOCC1. The Labute approximate surface area is 160 Å². The molecule has 2 N–H and O–H groups in total. The van der Waals surface area contributed by atoms with Crippen molar-refractivity contribution in [1.29, 1.82) is 0 Å². The molecule has 1 aliphatic rings. The minimum absolute atomic E-state index is 0.236. The Kier molecular flexibility index (Phi) is 7.04. The third-order valence-electron chi connectivity index (χ3n) is 4.44. The molecule has 2 aromatic carbocycles. The number of hydrogen-bond donors (Lipinski definition) is 2. The Morgan fingerprint density at radius 1 is 1.11 bits per heavy atom. The van der Waals surface area contributed by atoms with Gasteiger partial charge >= 0.3 is 0 Å². The lowest BCUT2D eigenvalue weighted by Crippen LogP contribution is -2.39. The van der Waals surface area contributed by atoms with Crippen LogP contribution in [0.1, 0.15) is 18.1 Å². The van der Waals surface area contributed by atoms with E-state index in [2.05, 4.69) is 44.8 Å². The number of anilines is 1. The van der Waals surface area contributed by atoms with Crippen LogP contribution >= 0.6 is 0 Å². The quantitative estimate of drug-likeness (QED) is 0.606. The fourth-order valence-corrected chi connectivity index (χ4v) is 3.10. The molecule has 1 heterocycles. The number of halogens is 1. The fourth-order valence-electron chi connectivity index (χ4n) is 3.10. The van der Waals surface area contributed by atoms with Crippen molar-refractivity contribution in [2.75, 3.05) is 37.7 Å². The summed E-state index contributed by atoms with van der Waals surface area (Å²) in [4.78, 5) is 6.93. The van der Waals surface area contributed by atoms with Crippen LogP contribution in [0, 0.1) is 5.82 Å². The van der Waals surface area contributed by atoms with Gasteiger partial charge in [0.25, 0.3) is 0 Å². The molecule has 1 fully saturated rings. The molecule has 5 nitrogen and oxygen atoms in total. The van der Waals surface area contributed by atoms with E-state index in [9.17, 15) is 4.39 Å². The highest BCUT2D eigenvalue weighted by Crippen LogP contribution is 2.21. The zero-order chi connectivity index (χ0) is 18.9. The number of hydrogen-bond acceptors (Lipinski definition) is 3. The average Bonchev–Trinajstić information content (AvgIpc) is 2.71. The lowest BCUT2D eigenvalue weighted by Gasteiger charge is -2.30. The van der Waals surface area contributed by atoms with Crippen molar-refractivity contribution in [3.63, 3.8) is 0 Å². The maximum absolute atomic E-state index is 13.3. The summed E-state index contributed by atoms with van der Waals surface area (Å²) in [6.07, 6.45) is 0. The predicted octanol–water partition coefficient (Wildman–Crippen LogP) is 2.92. The molecule has 0 spiro atoms. The molecule has 6 heteroatoms. The minimum atomic E-state index is -0.236. The minimum Gasteiger partial charge on any atom is -0.378 e. The predicted molar refractivity (Wildman–Crippen MR) is 108 cm³/mol.